The molecule has 0 saturated heterocycles. The Bertz CT molecular complexity index is 126. The van der Waals surface area contributed by atoms with Crippen LogP contribution >= 0.6 is 0 Å². The van der Waals surface area contributed by atoms with E-state index in [0.29, 0.717) is 19.3 Å². The summed E-state index contributed by atoms with van der Waals surface area (Å²) in [5.74, 6) is -0.546. The monoisotopic (exact) mass is 131 g/mol. The molecule has 52 valence electrons. The zero-order chi connectivity index (χ0) is 6.85. The van der Waals surface area contributed by atoms with Crippen LogP contribution in [0.2, 0.25) is 0 Å². The summed E-state index contributed by atoms with van der Waals surface area (Å²) in [4.78, 5) is 10.4. The molecule has 0 bridgehead atoms. The van der Waals surface area contributed by atoms with Gasteiger partial charge in [0, 0.05) is 5.92 Å². The summed E-state index contributed by atoms with van der Waals surface area (Å²) in [5, 5.41) is 0. The number of primary amides is 1. The highest BCUT2D eigenvalue weighted by Gasteiger charge is 2.27. The number of carbonyl (C=O) groups excluding carboxylic acids is 1. The zero-order valence-electron chi connectivity index (χ0n) is 5.14. The van der Waals surface area contributed by atoms with Gasteiger partial charge in [-0.15, -0.1) is 0 Å². The molecule has 0 aromatic heterocycles. The summed E-state index contributed by atoms with van der Waals surface area (Å²) in [6.45, 7) is 0. The molecule has 2 N–H and O–H groups in total. The van der Waals surface area contributed by atoms with Crippen LogP contribution in [0.5, 0.6) is 0 Å². The maximum Gasteiger partial charge on any atom is 0.220 e. The first-order chi connectivity index (χ1) is 4.20. The first kappa shape index (κ1) is 6.52. The number of amides is 1. The van der Waals surface area contributed by atoms with Crippen molar-refractivity contribution in [2.75, 3.05) is 0 Å². The molecule has 3 heteroatoms. The van der Waals surface area contributed by atoms with Gasteiger partial charge in [0.25, 0.3) is 0 Å². The Kier molecular flexibility index (Phi) is 1.69. The van der Waals surface area contributed by atoms with E-state index in [0.717, 1.165) is 0 Å². The molecule has 0 unspecified atom stereocenters. The van der Waals surface area contributed by atoms with E-state index in [1.54, 1.807) is 0 Å². The van der Waals surface area contributed by atoms with Crippen molar-refractivity contribution in [3.63, 3.8) is 0 Å². The summed E-state index contributed by atoms with van der Waals surface area (Å²) < 4.78 is 12.3. The van der Waals surface area contributed by atoms with Gasteiger partial charge in [0.1, 0.15) is 6.17 Å². The van der Waals surface area contributed by atoms with Crippen molar-refractivity contribution < 1.29 is 9.18 Å². The third-order valence-corrected chi connectivity index (χ3v) is 1.77. The number of hydrogen-bond donors (Lipinski definition) is 1. The lowest BCUT2D eigenvalue weighted by molar-refractivity contribution is -0.121. The van der Waals surface area contributed by atoms with Gasteiger partial charge in [0.2, 0.25) is 5.91 Å². The number of rotatable bonds is 1. The van der Waals surface area contributed by atoms with Crippen molar-refractivity contribution in [1.29, 1.82) is 0 Å². The van der Waals surface area contributed by atoms with Gasteiger partial charge < -0.3 is 5.73 Å². The van der Waals surface area contributed by atoms with E-state index >= 15 is 0 Å². The molecule has 0 aliphatic heterocycles. The van der Waals surface area contributed by atoms with E-state index in [2.05, 4.69) is 0 Å². The van der Waals surface area contributed by atoms with Crippen molar-refractivity contribution >= 4 is 5.91 Å². The van der Waals surface area contributed by atoms with Gasteiger partial charge in [-0.05, 0) is 19.3 Å². The molecule has 2 atom stereocenters. The second-order valence-electron chi connectivity index (χ2n) is 2.51. The van der Waals surface area contributed by atoms with Gasteiger partial charge in [-0.3, -0.25) is 4.79 Å². The summed E-state index contributed by atoms with van der Waals surface area (Å²) in [6, 6.07) is 0. The van der Waals surface area contributed by atoms with Gasteiger partial charge in [-0.25, -0.2) is 4.39 Å². The van der Waals surface area contributed by atoms with Crippen LogP contribution in [0.1, 0.15) is 19.3 Å². The Labute approximate surface area is 53.2 Å². The van der Waals surface area contributed by atoms with Crippen molar-refractivity contribution in [1.82, 2.24) is 0 Å². The van der Waals surface area contributed by atoms with E-state index in [-0.39, 0.29) is 11.8 Å². The third-order valence-electron chi connectivity index (χ3n) is 1.77. The fourth-order valence-corrected chi connectivity index (χ4v) is 1.18. The lowest BCUT2D eigenvalue weighted by atomic mass is 10.1. The predicted molar refractivity (Wildman–Crippen MR) is 31.4 cm³/mol. The van der Waals surface area contributed by atoms with Crippen molar-refractivity contribution in [3.8, 4) is 0 Å². The molecule has 1 amide bonds. The Morgan fingerprint density at radius 1 is 1.56 bits per heavy atom. The van der Waals surface area contributed by atoms with Crippen molar-refractivity contribution in [2.45, 2.75) is 25.4 Å². The molecule has 0 aromatic carbocycles. The molecular weight excluding hydrogens is 121 g/mol. The third kappa shape index (κ3) is 1.40. The van der Waals surface area contributed by atoms with Crippen LogP contribution in [-0.4, -0.2) is 12.1 Å². The molecule has 1 aliphatic carbocycles. The molecule has 9 heavy (non-hydrogen) atoms. The largest absolute Gasteiger partial charge is 0.369 e. The second-order valence-corrected chi connectivity index (χ2v) is 2.51. The maximum absolute atomic E-state index is 12.3. The van der Waals surface area contributed by atoms with Gasteiger partial charge in [-0.1, -0.05) is 0 Å². The van der Waals surface area contributed by atoms with E-state index in [9.17, 15) is 9.18 Å². The van der Waals surface area contributed by atoms with Crippen LogP contribution in [0.4, 0.5) is 4.39 Å². The van der Waals surface area contributed by atoms with Crippen LogP contribution in [0.3, 0.4) is 0 Å². The molecule has 0 spiro atoms. The van der Waals surface area contributed by atoms with Gasteiger partial charge >= 0.3 is 0 Å². The van der Waals surface area contributed by atoms with Crippen molar-refractivity contribution in [2.24, 2.45) is 11.7 Å². The number of hydrogen-bond acceptors (Lipinski definition) is 1. The standard InChI is InChI=1S/C6H10FNO/c7-5-2-1-4(3-5)6(8)9/h4-5H,1-3H2,(H2,8,9)/t4-,5+/m0/s1. The molecular formula is C6H10FNO. The second kappa shape index (κ2) is 2.33. The minimum Gasteiger partial charge on any atom is -0.369 e. The van der Waals surface area contributed by atoms with Crippen LogP contribution in [0.25, 0.3) is 0 Å². The first-order valence-electron chi connectivity index (χ1n) is 3.13. The Morgan fingerprint density at radius 3 is 2.44 bits per heavy atom. The number of alkyl halides is 1. The number of carbonyl (C=O) groups is 1. The van der Waals surface area contributed by atoms with E-state index in [1.807, 2.05) is 0 Å². The number of halogens is 1. The predicted octanol–water partition coefficient (Wildman–Crippen LogP) is 0.610. The molecule has 1 rings (SSSR count). The smallest absolute Gasteiger partial charge is 0.220 e. The molecule has 1 fully saturated rings. The maximum atomic E-state index is 12.3. The molecule has 1 saturated carbocycles. The Hall–Kier alpha value is -0.600. The summed E-state index contributed by atoms with van der Waals surface area (Å²) >= 11 is 0. The fourth-order valence-electron chi connectivity index (χ4n) is 1.18. The highest BCUT2D eigenvalue weighted by molar-refractivity contribution is 5.76. The Balaban J connectivity index is 2.39. The minimum absolute atomic E-state index is 0.194. The van der Waals surface area contributed by atoms with Crippen molar-refractivity contribution in [3.05, 3.63) is 0 Å². The van der Waals surface area contributed by atoms with E-state index in [4.69, 9.17) is 5.73 Å². The average molecular weight is 131 g/mol. The lowest BCUT2D eigenvalue weighted by Crippen LogP contribution is -2.20. The summed E-state index contributed by atoms with van der Waals surface area (Å²) in [5.41, 5.74) is 4.95. The van der Waals surface area contributed by atoms with E-state index < -0.39 is 6.17 Å². The van der Waals surface area contributed by atoms with Crippen LogP contribution < -0.4 is 5.73 Å². The SMILES string of the molecule is NC(=O)[C@H]1CC[C@@H](F)C1. The molecule has 0 aromatic rings. The number of nitrogens with two attached hydrogens (primary N) is 1. The lowest BCUT2D eigenvalue weighted by Gasteiger charge is -1.99. The molecule has 2 nitrogen and oxygen atoms in total. The topological polar surface area (TPSA) is 43.1 Å². The van der Waals surface area contributed by atoms with Crippen LogP contribution in [-0.2, 0) is 4.79 Å². The summed E-state index contributed by atoms with van der Waals surface area (Å²) in [6.07, 6.45) is 0.696. The highest BCUT2D eigenvalue weighted by Crippen LogP contribution is 2.26. The molecule has 0 radical (unpaired) electrons. The zero-order valence-corrected chi connectivity index (χ0v) is 5.14. The van der Waals surface area contributed by atoms with Crippen LogP contribution in [0, 0.1) is 5.92 Å². The normalized spacial score (nSPS) is 34.8. The minimum atomic E-state index is -0.789. The van der Waals surface area contributed by atoms with Gasteiger partial charge in [-0.2, -0.15) is 0 Å². The molecule has 1 aliphatic rings. The van der Waals surface area contributed by atoms with Gasteiger partial charge in [0.05, 0.1) is 0 Å². The Morgan fingerprint density at radius 2 is 2.22 bits per heavy atom. The first-order valence-corrected chi connectivity index (χ1v) is 3.13. The van der Waals surface area contributed by atoms with Gasteiger partial charge in [0.15, 0.2) is 0 Å². The fraction of sp³-hybridized carbons (Fsp3) is 0.833. The quantitative estimate of drug-likeness (QED) is 0.556. The summed E-state index contributed by atoms with van der Waals surface area (Å²) in [7, 11) is 0. The molecule has 0 heterocycles. The highest BCUT2D eigenvalue weighted by atomic mass is 19.1. The van der Waals surface area contributed by atoms with Crippen LogP contribution in [0.15, 0.2) is 0 Å². The average Bonchev–Trinajstić information content (AvgIpc) is 2.14. The van der Waals surface area contributed by atoms with E-state index in [1.165, 1.54) is 0 Å².